The molecule has 37 heavy (non-hydrogen) atoms. The maximum Gasteiger partial charge on any atom is 0.135 e. The lowest BCUT2D eigenvalue weighted by Crippen LogP contribution is -1.86. The minimum Gasteiger partial charge on any atom is -0.464 e. The van der Waals surface area contributed by atoms with E-state index >= 15 is 0 Å². The zero-order valence-corrected chi connectivity index (χ0v) is 20.4. The van der Waals surface area contributed by atoms with Crippen LogP contribution in [0.5, 0.6) is 0 Å². The molecule has 0 saturated heterocycles. The highest BCUT2D eigenvalue weighted by molar-refractivity contribution is 7.26. The van der Waals surface area contributed by atoms with E-state index in [4.69, 9.17) is 8.83 Å². The summed E-state index contributed by atoms with van der Waals surface area (Å²) in [6.07, 6.45) is 1.78. The van der Waals surface area contributed by atoms with Crippen molar-refractivity contribution in [2.45, 2.75) is 0 Å². The summed E-state index contributed by atoms with van der Waals surface area (Å²) in [5, 5.41) is 11.1. The average molecular weight is 491 g/mol. The molecule has 0 unspecified atom stereocenters. The first-order valence-electron chi connectivity index (χ1n) is 12.4. The van der Waals surface area contributed by atoms with Crippen LogP contribution in [0.4, 0.5) is 0 Å². The maximum absolute atomic E-state index is 6.12. The third kappa shape index (κ3) is 2.64. The molecule has 0 saturated carbocycles. The summed E-state index contributed by atoms with van der Waals surface area (Å²) in [5.41, 5.74) is 5.16. The highest BCUT2D eigenvalue weighted by atomic mass is 32.1. The lowest BCUT2D eigenvalue weighted by Gasteiger charge is -2.13. The molecule has 0 bridgehead atoms. The molecule has 0 radical (unpaired) electrons. The van der Waals surface area contributed by atoms with Crippen LogP contribution in [-0.2, 0) is 0 Å². The molecule has 0 aliphatic heterocycles. The molecule has 0 fully saturated rings. The highest BCUT2D eigenvalue weighted by Crippen LogP contribution is 2.45. The summed E-state index contributed by atoms with van der Waals surface area (Å²) in [7, 11) is 0. The third-order valence-corrected chi connectivity index (χ3v) is 8.92. The summed E-state index contributed by atoms with van der Waals surface area (Å²) in [6.45, 7) is 0. The minimum absolute atomic E-state index is 0.914. The van der Waals surface area contributed by atoms with Gasteiger partial charge in [-0.25, -0.2) is 0 Å². The predicted octanol–water partition coefficient (Wildman–Crippen LogP) is 10.7. The average Bonchev–Trinajstić information content (AvgIpc) is 3.65. The number of rotatable bonds is 1. The van der Waals surface area contributed by atoms with Crippen molar-refractivity contribution in [3.05, 3.63) is 109 Å². The van der Waals surface area contributed by atoms with E-state index in [2.05, 4.69) is 91.0 Å². The molecule has 9 aromatic rings. The second-order valence-electron chi connectivity index (χ2n) is 9.73. The topological polar surface area (TPSA) is 26.3 Å². The second-order valence-corrected chi connectivity index (χ2v) is 10.8. The molecule has 3 aromatic heterocycles. The lowest BCUT2D eigenvalue weighted by atomic mass is 9.91. The number of fused-ring (bicyclic) bond motifs is 11. The van der Waals surface area contributed by atoms with E-state index in [1.165, 1.54) is 52.8 Å². The van der Waals surface area contributed by atoms with Gasteiger partial charge in [-0.1, -0.05) is 54.6 Å². The second kappa shape index (κ2) is 7.00. The van der Waals surface area contributed by atoms with Gasteiger partial charge in [-0.2, -0.15) is 0 Å². The van der Waals surface area contributed by atoms with Crippen molar-refractivity contribution in [1.29, 1.82) is 0 Å². The lowest BCUT2D eigenvalue weighted by molar-refractivity contribution is 0.616. The summed E-state index contributed by atoms with van der Waals surface area (Å²) in [5.74, 6) is 0. The largest absolute Gasteiger partial charge is 0.464 e. The van der Waals surface area contributed by atoms with Gasteiger partial charge in [0.25, 0.3) is 0 Å². The van der Waals surface area contributed by atoms with Gasteiger partial charge in [-0.3, -0.25) is 0 Å². The van der Waals surface area contributed by atoms with Crippen LogP contribution in [0.2, 0.25) is 0 Å². The van der Waals surface area contributed by atoms with Crippen LogP contribution >= 0.6 is 11.3 Å². The Morgan fingerprint density at radius 3 is 2.32 bits per heavy atom. The zero-order valence-electron chi connectivity index (χ0n) is 19.6. The molecular weight excluding hydrogens is 472 g/mol. The van der Waals surface area contributed by atoms with Gasteiger partial charge in [0.05, 0.1) is 6.26 Å². The Labute approximate surface area is 214 Å². The standard InChI is InChI=1S/C34H18O2S/c1-3-7-29-22(5-1)28-15-19(9-12-30(28)36-29)26-17-21-18-31-20(13-14-35-31)16-27(21)33-24(26)10-11-25-23-6-2-4-8-32(23)37-34(25)33/h1-18H. The number of furan rings is 2. The van der Waals surface area contributed by atoms with Crippen molar-refractivity contribution in [2.24, 2.45) is 0 Å². The molecular formula is C34H18O2S. The van der Waals surface area contributed by atoms with Gasteiger partial charge in [-0.05, 0) is 75.8 Å². The first kappa shape index (κ1) is 19.6. The van der Waals surface area contributed by atoms with Crippen molar-refractivity contribution in [2.75, 3.05) is 0 Å². The number of thiophene rings is 1. The third-order valence-electron chi connectivity index (χ3n) is 7.72. The number of benzene rings is 6. The first-order valence-corrected chi connectivity index (χ1v) is 13.2. The van der Waals surface area contributed by atoms with Crippen LogP contribution in [0.25, 0.3) is 85.8 Å². The van der Waals surface area contributed by atoms with E-state index in [0.29, 0.717) is 0 Å². The van der Waals surface area contributed by atoms with Crippen molar-refractivity contribution < 1.29 is 8.83 Å². The normalized spacial score (nSPS) is 12.3. The van der Waals surface area contributed by atoms with Crippen molar-refractivity contribution in [3.63, 3.8) is 0 Å². The molecule has 3 heteroatoms. The molecule has 6 aromatic carbocycles. The summed E-state index contributed by atoms with van der Waals surface area (Å²) in [4.78, 5) is 0. The molecule has 3 heterocycles. The van der Waals surface area contributed by atoms with E-state index in [9.17, 15) is 0 Å². The van der Waals surface area contributed by atoms with E-state index in [-0.39, 0.29) is 0 Å². The van der Waals surface area contributed by atoms with E-state index in [0.717, 1.165) is 32.9 Å². The Hall–Kier alpha value is -4.60. The SMILES string of the molecule is c1ccc2c(c1)oc1ccc(-c3cc4cc5occc5cc4c4c3ccc3c5ccccc5sc34)cc12. The van der Waals surface area contributed by atoms with Gasteiger partial charge in [0.15, 0.2) is 0 Å². The molecule has 2 nitrogen and oxygen atoms in total. The van der Waals surface area contributed by atoms with E-state index < -0.39 is 0 Å². The molecule has 0 spiro atoms. The maximum atomic E-state index is 6.12. The van der Waals surface area contributed by atoms with Gasteiger partial charge in [0.2, 0.25) is 0 Å². The van der Waals surface area contributed by atoms with Crippen LogP contribution in [0.15, 0.2) is 118 Å². The molecule has 0 atom stereocenters. The summed E-state index contributed by atoms with van der Waals surface area (Å²) in [6, 6.07) is 37.0. The molecule has 0 N–H and O–H groups in total. The smallest absolute Gasteiger partial charge is 0.135 e. The van der Waals surface area contributed by atoms with Gasteiger partial charge in [0, 0.05) is 41.7 Å². The number of hydrogen-bond acceptors (Lipinski definition) is 3. The fraction of sp³-hybridized carbons (Fsp3) is 0. The summed E-state index contributed by atoms with van der Waals surface area (Å²) >= 11 is 1.88. The Morgan fingerprint density at radius 1 is 0.514 bits per heavy atom. The van der Waals surface area contributed by atoms with E-state index in [1.54, 1.807) is 6.26 Å². The Balaban J connectivity index is 1.47. The van der Waals surface area contributed by atoms with Crippen LogP contribution < -0.4 is 0 Å². The van der Waals surface area contributed by atoms with Crippen LogP contribution in [-0.4, -0.2) is 0 Å². The minimum atomic E-state index is 0.914. The van der Waals surface area contributed by atoms with Crippen molar-refractivity contribution in [1.82, 2.24) is 0 Å². The molecule has 0 aliphatic rings. The van der Waals surface area contributed by atoms with Crippen molar-refractivity contribution in [3.8, 4) is 11.1 Å². The molecule has 9 rings (SSSR count). The predicted molar refractivity (Wildman–Crippen MR) is 157 cm³/mol. The van der Waals surface area contributed by atoms with Gasteiger partial charge >= 0.3 is 0 Å². The monoisotopic (exact) mass is 490 g/mol. The van der Waals surface area contributed by atoms with Gasteiger partial charge < -0.3 is 8.83 Å². The van der Waals surface area contributed by atoms with Crippen LogP contribution in [0.1, 0.15) is 0 Å². The molecule has 0 aliphatic carbocycles. The van der Waals surface area contributed by atoms with Crippen molar-refractivity contribution >= 4 is 86.0 Å². The first-order chi connectivity index (χ1) is 18.3. The fourth-order valence-electron chi connectivity index (χ4n) is 6.01. The Bertz CT molecular complexity index is 2360. The zero-order chi connectivity index (χ0) is 24.1. The molecule has 172 valence electrons. The van der Waals surface area contributed by atoms with Crippen LogP contribution in [0.3, 0.4) is 0 Å². The van der Waals surface area contributed by atoms with E-state index in [1.807, 2.05) is 23.5 Å². The molecule has 0 amide bonds. The van der Waals surface area contributed by atoms with Gasteiger partial charge in [0.1, 0.15) is 16.7 Å². The number of para-hydroxylation sites is 1. The highest BCUT2D eigenvalue weighted by Gasteiger charge is 2.17. The number of hydrogen-bond donors (Lipinski definition) is 0. The van der Waals surface area contributed by atoms with Gasteiger partial charge in [-0.15, -0.1) is 11.3 Å². The summed E-state index contributed by atoms with van der Waals surface area (Å²) < 4.78 is 14.6. The van der Waals surface area contributed by atoms with Crippen LogP contribution in [0, 0.1) is 0 Å². The Kier molecular flexibility index (Phi) is 3.70. The Morgan fingerprint density at radius 2 is 1.35 bits per heavy atom. The fourth-order valence-corrected chi connectivity index (χ4v) is 7.27. The quantitative estimate of drug-likeness (QED) is 0.214.